The van der Waals surface area contributed by atoms with Crippen molar-refractivity contribution in [1.29, 1.82) is 0 Å². The average molecular weight is 177 g/mol. The summed E-state index contributed by atoms with van der Waals surface area (Å²) in [5.74, 6) is 0.592. The molecule has 0 fully saturated rings. The third-order valence-corrected chi connectivity index (χ3v) is 1.19. The first-order valence-electron chi connectivity index (χ1n) is 3.41. The molecule has 0 rings (SSSR count). The zero-order valence-corrected chi connectivity index (χ0v) is 8.25. The van der Waals surface area contributed by atoms with Crippen molar-refractivity contribution in [2.24, 2.45) is 0 Å². The summed E-state index contributed by atoms with van der Waals surface area (Å²) in [6.45, 7) is 5.52. The van der Waals surface area contributed by atoms with E-state index in [0.717, 1.165) is 0 Å². The van der Waals surface area contributed by atoms with E-state index in [0.29, 0.717) is 5.88 Å². The van der Waals surface area contributed by atoms with Crippen molar-refractivity contribution >= 4 is 17.9 Å². The summed E-state index contributed by atoms with van der Waals surface area (Å²) in [5.41, 5.74) is -0.400. The van der Waals surface area contributed by atoms with E-state index in [1.165, 1.54) is 0 Å². The van der Waals surface area contributed by atoms with Gasteiger partial charge in [-0.05, 0) is 27.0 Å². The fourth-order valence-electron chi connectivity index (χ4n) is 0.445. The Balaban J connectivity index is 3.53. The third-order valence-electron chi connectivity index (χ3n) is 0.760. The number of amides is 1. The molecule has 0 aromatic rings. The van der Waals surface area contributed by atoms with Gasteiger partial charge in [0.05, 0.1) is 5.88 Å². The molecule has 0 bridgehead atoms. The van der Waals surface area contributed by atoms with Crippen LogP contribution in [0.2, 0.25) is 0 Å². The lowest BCUT2D eigenvalue weighted by Gasteiger charge is -2.19. The molecule has 1 N–H and O–H groups in total. The van der Waals surface area contributed by atoms with Crippen molar-refractivity contribution in [3.8, 4) is 0 Å². The molecular formula is C7H15NO2S. The highest BCUT2D eigenvalue weighted by Gasteiger charge is 2.14. The molecule has 0 saturated carbocycles. The number of carbonyl (C=O) groups excluding carboxylic acids is 1. The summed E-state index contributed by atoms with van der Waals surface area (Å²) >= 11 is 1.54. The van der Waals surface area contributed by atoms with Crippen LogP contribution in [0.25, 0.3) is 0 Å². The van der Waals surface area contributed by atoms with Crippen molar-refractivity contribution in [1.82, 2.24) is 5.32 Å². The molecule has 3 nitrogen and oxygen atoms in total. The van der Waals surface area contributed by atoms with Crippen LogP contribution in [-0.4, -0.2) is 23.8 Å². The maximum Gasteiger partial charge on any atom is 0.408 e. The second kappa shape index (κ2) is 4.49. The molecule has 0 unspecified atom stereocenters. The molecule has 11 heavy (non-hydrogen) atoms. The molecule has 0 aromatic carbocycles. The number of nitrogens with one attached hydrogen (secondary N) is 1. The van der Waals surface area contributed by atoms with E-state index in [1.807, 2.05) is 27.0 Å². The predicted octanol–water partition coefficient (Wildman–Crippen LogP) is 1.83. The average Bonchev–Trinajstić information content (AvgIpc) is 1.79. The number of hydrogen-bond acceptors (Lipinski definition) is 3. The Kier molecular flexibility index (Phi) is 4.33. The van der Waals surface area contributed by atoms with Gasteiger partial charge in [0.15, 0.2) is 0 Å². The van der Waals surface area contributed by atoms with Crippen molar-refractivity contribution in [2.75, 3.05) is 12.1 Å². The number of thioether (sulfide) groups is 1. The monoisotopic (exact) mass is 177 g/mol. The largest absolute Gasteiger partial charge is 0.444 e. The van der Waals surface area contributed by atoms with Crippen LogP contribution in [0.4, 0.5) is 4.79 Å². The maximum absolute atomic E-state index is 10.9. The Morgan fingerprint density at radius 1 is 1.55 bits per heavy atom. The summed E-state index contributed by atoms with van der Waals surface area (Å²) in [4.78, 5) is 10.9. The topological polar surface area (TPSA) is 38.3 Å². The van der Waals surface area contributed by atoms with Crippen LogP contribution in [0, 0.1) is 0 Å². The summed E-state index contributed by atoms with van der Waals surface area (Å²) in [5, 5.41) is 2.59. The third kappa shape index (κ3) is 7.52. The highest BCUT2D eigenvalue weighted by molar-refractivity contribution is 7.98. The van der Waals surface area contributed by atoms with E-state index >= 15 is 0 Å². The van der Waals surface area contributed by atoms with Gasteiger partial charge in [-0.1, -0.05) is 0 Å². The van der Waals surface area contributed by atoms with Gasteiger partial charge >= 0.3 is 6.09 Å². The van der Waals surface area contributed by atoms with E-state index in [4.69, 9.17) is 4.74 Å². The maximum atomic E-state index is 10.9. The van der Waals surface area contributed by atoms with Crippen LogP contribution in [0.3, 0.4) is 0 Å². The van der Waals surface area contributed by atoms with Crippen molar-refractivity contribution in [3.05, 3.63) is 0 Å². The number of ether oxygens (including phenoxy) is 1. The molecule has 1 amide bonds. The van der Waals surface area contributed by atoms with E-state index in [-0.39, 0.29) is 6.09 Å². The number of carbonyl (C=O) groups is 1. The van der Waals surface area contributed by atoms with Gasteiger partial charge in [0.25, 0.3) is 0 Å². The first kappa shape index (κ1) is 10.6. The standard InChI is InChI=1S/C7H15NO2S/c1-7(2,3)10-6(9)8-5-11-4/h5H2,1-4H3,(H,8,9). The Morgan fingerprint density at radius 3 is 2.45 bits per heavy atom. The Bertz CT molecular complexity index is 131. The van der Waals surface area contributed by atoms with Crippen molar-refractivity contribution in [2.45, 2.75) is 26.4 Å². The molecule has 0 aliphatic rings. The Morgan fingerprint density at radius 2 is 2.09 bits per heavy atom. The second-order valence-corrected chi connectivity index (χ2v) is 3.98. The lowest BCUT2D eigenvalue weighted by molar-refractivity contribution is 0.0538. The smallest absolute Gasteiger partial charge is 0.408 e. The van der Waals surface area contributed by atoms with Crippen LogP contribution < -0.4 is 5.32 Å². The minimum atomic E-state index is -0.400. The van der Waals surface area contributed by atoms with Crippen LogP contribution >= 0.6 is 11.8 Å². The summed E-state index contributed by atoms with van der Waals surface area (Å²) in [6.07, 6.45) is 1.56. The van der Waals surface area contributed by atoms with Crippen LogP contribution in [0.15, 0.2) is 0 Å². The molecule has 0 atom stereocenters. The summed E-state index contributed by atoms with van der Waals surface area (Å²) < 4.78 is 4.98. The van der Waals surface area contributed by atoms with Gasteiger partial charge < -0.3 is 10.1 Å². The molecule has 4 heteroatoms. The molecule has 66 valence electrons. The van der Waals surface area contributed by atoms with E-state index in [2.05, 4.69) is 5.32 Å². The molecule has 0 saturated heterocycles. The minimum Gasteiger partial charge on any atom is -0.444 e. The number of alkyl carbamates (subject to hydrolysis) is 1. The lowest BCUT2D eigenvalue weighted by atomic mass is 10.2. The highest BCUT2D eigenvalue weighted by atomic mass is 32.2. The highest BCUT2D eigenvalue weighted by Crippen LogP contribution is 2.06. The number of rotatable bonds is 2. The minimum absolute atomic E-state index is 0.355. The molecule has 0 aliphatic heterocycles. The molecule has 0 radical (unpaired) electrons. The first-order chi connectivity index (χ1) is 4.95. The molecule has 0 heterocycles. The van der Waals surface area contributed by atoms with Gasteiger partial charge in [-0.2, -0.15) is 0 Å². The van der Waals surface area contributed by atoms with Crippen LogP contribution in [0.1, 0.15) is 20.8 Å². The summed E-state index contributed by atoms with van der Waals surface area (Å²) in [7, 11) is 0. The second-order valence-electron chi connectivity index (χ2n) is 3.11. The fraction of sp³-hybridized carbons (Fsp3) is 0.857. The first-order valence-corrected chi connectivity index (χ1v) is 4.81. The Labute approximate surface area is 71.9 Å². The van der Waals surface area contributed by atoms with Crippen LogP contribution in [-0.2, 0) is 4.74 Å². The van der Waals surface area contributed by atoms with E-state index < -0.39 is 5.60 Å². The van der Waals surface area contributed by atoms with Gasteiger partial charge in [0, 0.05) is 0 Å². The van der Waals surface area contributed by atoms with Gasteiger partial charge in [-0.25, -0.2) is 4.79 Å². The normalized spacial score (nSPS) is 10.9. The van der Waals surface area contributed by atoms with Gasteiger partial charge in [-0.3, -0.25) is 0 Å². The van der Waals surface area contributed by atoms with Gasteiger partial charge in [0.2, 0.25) is 0 Å². The predicted molar refractivity (Wildman–Crippen MR) is 47.8 cm³/mol. The molecular weight excluding hydrogens is 162 g/mol. The fourth-order valence-corrected chi connectivity index (χ4v) is 0.707. The quantitative estimate of drug-likeness (QED) is 0.654. The molecule has 0 aromatic heterocycles. The molecule has 0 spiro atoms. The SMILES string of the molecule is CSCNC(=O)OC(C)(C)C. The zero-order chi connectivity index (χ0) is 8.91. The molecule has 0 aliphatic carbocycles. The summed E-state index contributed by atoms with van der Waals surface area (Å²) in [6, 6.07) is 0. The van der Waals surface area contributed by atoms with Crippen molar-refractivity contribution < 1.29 is 9.53 Å². The number of hydrogen-bond donors (Lipinski definition) is 1. The lowest BCUT2D eigenvalue weighted by Crippen LogP contribution is -2.32. The Hall–Kier alpha value is -0.380. The van der Waals surface area contributed by atoms with Crippen molar-refractivity contribution in [3.63, 3.8) is 0 Å². The zero-order valence-electron chi connectivity index (χ0n) is 7.43. The van der Waals surface area contributed by atoms with Gasteiger partial charge in [-0.15, -0.1) is 11.8 Å². The van der Waals surface area contributed by atoms with E-state index in [9.17, 15) is 4.79 Å². The van der Waals surface area contributed by atoms with Crippen LogP contribution in [0.5, 0.6) is 0 Å². The van der Waals surface area contributed by atoms with E-state index in [1.54, 1.807) is 11.8 Å². The van der Waals surface area contributed by atoms with Gasteiger partial charge in [0.1, 0.15) is 5.60 Å².